The minimum Gasteiger partial charge on any atom is -0.463 e. The fraction of sp³-hybridized carbons (Fsp3) is 0.600. The van der Waals surface area contributed by atoms with E-state index in [0.29, 0.717) is 13.0 Å². The molecule has 86 valence electrons. The van der Waals surface area contributed by atoms with Gasteiger partial charge in [0.15, 0.2) is 0 Å². The van der Waals surface area contributed by atoms with Crippen LogP contribution in [0.3, 0.4) is 0 Å². The Morgan fingerprint density at radius 3 is 2.20 bits per heavy atom. The predicted molar refractivity (Wildman–Crippen MR) is 56.4 cm³/mol. The zero-order valence-electron chi connectivity index (χ0n) is 8.92. The molecule has 0 aliphatic rings. The number of rotatable bonds is 6. The van der Waals surface area contributed by atoms with Crippen LogP contribution in [0.4, 0.5) is 0 Å². The average Bonchev–Trinajstić information content (AvgIpc) is 2.22. The van der Waals surface area contributed by atoms with E-state index < -0.39 is 11.9 Å². The van der Waals surface area contributed by atoms with Crippen LogP contribution in [0.15, 0.2) is 11.1 Å². The number of carbonyl (C=O) groups excluding carboxylic acids is 2. The van der Waals surface area contributed by atoms with Crippen molar-refractivity contribution in [3.05, 3.63) is 11.1 Å². The van der Waals surface area contributed by atoms with Gasteiger partial charge in [0.2, 0.25) is 0 Å². The van der Waals surface area contributed by atoms with E-state index in [2.05, 4.69) is 0 Å². The highest BCUT2D eigenvalue weighted by atomic mass is 35.5. The standard InChI is InChI=1S/C10H15ClO4/c1-3-5-14-9(12)7-8(11)10(13)15-6-4-2/h7H,3-6H2,1-2H3/b8-7-. The van der Waals surface area contributed by atoms with Crippen LogP contribution in [0.5, 0.6) is 0 Å². The molecule has 0 saturated heterocycles. The summed E-state index contributed by atoms with van der Waals surface area (Å²) in [6.45, 7) is 4.32. The van der Waals surface area contributed by atoms with Gasteiger partial charge in [0, 0.05) is 6.08 Å². The second-order valence-corrected chi connectivity index (χ2v) is 3.20. The minimum atomic E-state index is -0.702. The van der Waals surface area contributed by atoms with Gasteiger partial charge in [-0.05, 0) is 12.8 Å². The van der Waals surface area contributed by atoms with Crippen molar-refractivity contribution < 1.29 is 19.1 Å². The lowest BCUT2D eigenvalue weighted by Gasteiger charge is -2.01. The van der Waals surface area contributed by atoms with E-state index in [4.69, 9.17) is 21.1 Å². The molecule has 0 atom stereocenters. The molecule has 0 aromatic heterocycles. The quantitative estimate of drug-likeness (QED) is 0.521. The highest BCUT2D eigenvalue weighted by molar-refractivity contribution is 6.42. The van der Waals surface area contributed by atoms with Gasteiger partial charge in [-0.2, -0.15) is 0 Å². The molecule has 0 spiro atoms. The van der Waals surface area contributed by atoms with Crippen molar-refractivity contribution >= 4 is 23.5 Å². The highest BCUT2D eigenvalue weighted by Crippen LogP contribution is 2.05. The largest absolute Gasteiger partial charge is 0.463 e. The molecule has 0 unspecified atom stereocenters. The van der Waals surface area contributed by atoms with Crippen LogP contribution in [-0.4, -0.2) is 25.2 Å². The van der Waals surface area contributed by atoms with Crippen LogP contribution in [0, 0.1) is 0 Å². The fourth-order valence-corrected chi connectivity index (χ4v) is 0.814. The first-order valence-corrected chi connectivity index (χ1v) is 5.20. The van der Waals surface area contributed by atoms with Gasteiger partial charge in [0.25, 0.3) is 0 Å². The van der Waals surface area contributed by atoms with E-state index in [-0.39, 0.29) is 11.6 Å². The van der Waals surface area contributed by atoms with E-state index in [1.165, 1.54) is 0 Å². The molecule has 0 heterocycles. The Hall–Kier alpha value is -1.03. The van der Waals surface area contributed by atoms with E-state index >= 15 is 0 Å². The van der Waals surface area contributed by atoms with Crippen LogP contribution in [0.25, 0.3) is 0 Å². The zero-order valence-corrected chi connectivity index (χ0v) is 9.67. The van der Waals surface area contributed by atoms with Gasteiger partial charge in [-0.25, -0.2) is 9.59 Å². The number of esters is 2. The Labute approximate surface area is 94.2 Å². The van der Waals surface area contributed by atoms with Crippen molar-refractivity contribution in [3.63, 3.8) is 0 Å². The van der Waals surface area contributed by atoms with Gasteiger partial charge in [-0.1, -0.05) is 25.4 Å². The summed E-state index contributed by atoms with van der Waals surface area (Å²) in [5.41, 5.74) is 0. The Balaban J connectivity index is 4.05. The molecule has 0 saturated carbocycles. The third-order valence-corrected chi connectivity index (χ3v) is 1.59. The maximum atomic E-state index is 11.1. The van der Waals surface area contributed by atoms with Gasteiger partial charge in [-0.15, -0.1) is 0 Å². The molecule has 0 bridgehead atoms. The molecule has 15 heavy (non-hydrogen) atoms. The molecule has 5 heteroatoms. The van der Waals surface area contributed by atoms with Crippen molar-refractivity contribution in [1.82, 2.24) is 0 Å². The molecule has 0 aliphatic heterocycles. The van der Waals surface area contributed by atoms with Gasteiger partial charge < -0.3 is 9.47 Å². The second-order valence-electron chi connectivity index (χ2n) is 2.80. The summed E-state index contributed by atoms with van der Waals surface area (Å²) in [5.74, 6) is -1.33. The zero-order chi connectivity index (χ0) is 11.7. The second kappa shape index (κ2) is 8.29. The summed E-state index contributed by atoms with van der Waals surface area (Å²) in [7, 11) is 0. The molecule has 0 aromatic rings. The van der Waals surface area contributed by atoms with Crippen LogP contribution in [0.1, 0.15) is 26.7 Å². The SMILES string of the molecule is CCCOC(=O)/C=C(\Cl)C(=O)OCCC. The Morgan fingerprint density at radius 1 is 1.13 bits per heavy atom. The van der Waals surface area contributed by atoms with Gasteiger partial charge in [0.1, 0.15) is 5.03 Å². The lowest BCUT2D eigenvalue weighted by molar-refractivity contribution is -0.140. The molecule has 0 radical (unpaired) electrons. The number of hydrogen-bond donors (Lipinski definition) is 0. The van der Waals surface area contributed by atoms with Crippen molar-refractivity contribution in [2.75, 3.05) is 13.2 Å². The first-order valence-electron chi connectivity index (χ1n) is 4.82. The van der Waals surface area contributed by atoms with Crippen LogP contribution in [-0.2, 0) is 19.1 Å². The molecule has 4 nitrogen and oxygen atoms in total. The fourth-order valence-electron chi connectivity index (χ4n) is 0.670. The average molecular weight is 235 g/mol. The van der Waals surface area contributed by atoms with Gasteiger partial charge in [-0.3, -0.25) is 0 Å². The smallest absolute Gasteiger partial charge is 0.350 e. The number of ether oxygens (including phenoxy) is 2. The lowest BCUT2D eigenvalue weighted by atomic mass is 10.4. The Morgan fingerprint density at radius 2 is 1.67 bits per heavy atom. The third-order valence-electron chi connectivity index (χ3n) is 1.33. The molecular weight excluding hydrogens is 220 g/mol. The first kappa shape index (κ1) is 14.0. The maximum absolute atomic E-state index is 11.1. The molecule has 0 aromatic carbocycles. The van der Waals surface area contributed by atoms with Gasteiger partial charge in [0.05, 0.1) is 13.2 Å². The van der Waals surface area contributed by atoms with Crippen molar-refractivity contribution in [1.29, 1.82) is 0 Å². The lowest BCUT2D eigenvalue weighted by Crippen LogP contribution is -2.08. The van der Waals surface area contributed by atoms with Crippen molar-refractivity contribution in [2.24, 2.45) is 0 Å². The predicted octanol–water partition coefficient (Wildman–Crippen LogP) is 2.02. The molecule has 0 fully saturated rings. The molecule has 0 aliphatic carbocycles. The Bertz CT molecular complexity index is 248. The van der Waals surface area contributed by atoms with Crippen LogP contribution < -0.4 is 0 Å². The summed E-state index contributed by atoms with van der Waals surface area (Å²) in [6.07, 6.45) is 2.35. The van der Waals surface area contributed by atoms with E-state index in [9.17, 15) is 9.59 Å². The number of carbonyl (C=O) groups is 2. The van der Waals surface area contributed by atoms with E-state index in [1.54, 1.807) is 0 Å². The third kappa shape index (κ3) is 6.96. The Kier molecular flexibility index (Phi) is 7.72. The van der Waals surface area contributed by atoms with E-state index in [0.717, 1.165) is 12.5 Å². The molecule has 0 rings (SSSR count). The summed E-state index contributed by atoms with van der Waals surface area (Å²) in [6, 6.07) is 0. The van der Waals surface area contributed by atoms with Crippen LogP contribution >= 0.6 is 11.6 Å². The summed E-state index contributed by atoms with van der Waals surface area (Å²) in [5, 5.41) is -0.260. The highest BCUT2D eigenvalue weighted by Gasteiger charge is 2.10. The minimum absolute atomic E-state index is 0.260. The van der Waals surface area contributed by atoms with Crippen molar-refractivity contribution in [2.45, 2.75) is 26.7 Å². The monoisotopic (exact) mass is 234 g/mol. The maximum Gasteiger partial charge on any atom is 0.350 e. The normalized spacial score (nSPS) is 11.0. The number of hydrogen-bond acceptors (Lipinski definition) is 4. The number of halogens is 1. The van der Waals surface area contributed by atoms with Crippen LogP contribution in [0.2, 0.25) is 0 Å². The first-order chi connectivity index (χ1) is 7.11. The summed E-state index contributed by atoms with van der Waals surface area (Å²) in [4.78, 5) is 22.1. The summed E-state index contributed by atoms with van der Waals surface area (Å²) < 4.78 is 9.42. The van der Waals surface area contributed by atoms with Crippen molar-refractivity contribution in [3.8, 4) is 0 Å². The molecular formula is C10H15ClO4. The topological polar surface area (TPSA) is 52.6 Å². The van der Waals surface area contributed by atoms with E-state index in [1.807, 2.05) is 13.8 Å². The molecule has 0 amide bonds. The van der Waals surface area contributed by atoms with Gasteiger partial charge >= 0.3 is 11.9 Å². The molecule has 0 N–H and O–H groups in total. The summed E-state index contributed by atoms with van der Waals surface area (Å²) >= 11 is 5.53.